The van der Waals surface area contributed by atoms with Gasteiger partial charge < -0.3 is 4.74 Å². The summed E-state index contributed by atoms with van der Waals surface area (Å²) in [7, 11) is -3.78. The van der Waals surface area contributed by atoms with E-state index in [-0.39, 0.29) is 16.8 Å². The van der Waals surface area contributed by atoms with E-state index >= 15 is 0 Å². The van der Waals surface area contributed by atoms with Crippen LogP contribution in [0.25, 0.3) is 0 Å². The first-order valence-corrected chi connectivity index (χ1v) is 12.6. The summed E-state index contributed by atoms with van der Waals surface area (Å²) >= 11 is 13.9. The maximum Gasteiger partial charge on any atom is 0.260 e. The van der Waals surface area contributed by atoms with Crippen molar-refractivity contribution in [3.05, 3.63) is 58.1 Å². The van der Waals surface area contributed by atoms with Crippen molar-refractivity contribution in [3.63, 3.8) is 0 Å². The van der Waals surface area contributed by atoms with Crippen LogP contribution in [0.2, 0.25) is 10.0 Å². The second-order valence-electron chi connectivity index (χ2n) is 6.50. The van der Waals surface area contributed by atoms with Crippen molar-refractivity contribution in [2.75, 3.05) is 28.6 Å². The third-order valence-electron chi connectivity index (χ3n) is 4.06. The molecule has 160 valence electrons. The molecule has 1 aliphatic heterocycles. The fourth-order valence-electron chi connectivity index (χ4n) is 2.51. The van der Waals surface area contributed by atoms with Crippen molar-refractivity contribution >= 4 is 62.8 Å². The summed E-state index contributed by atoms with van der Waals surface area (Å²) in [5.41, 5.74) is 3.19. The van der Waals surface area contributed by atoms with E-state index in [0.717, 1.165) is 33.4 Å². The summed E-state index contributed by atoms with van der Waals surface area (Å²) in [6.07, 6.45) is 2.70. The summed E-state index contributed by atoms with van der Waals surface area (Å²) in [5, 5.41) is 4.33. The Morgan fingerprint density at radius 1 is 1.27 bits per heavy atom. The minimum Gasteiger partial charge on any atom is -0.489 e. The minimum atomic E-state index is -3.78. The second-order valence-corrected chi connectivity index (χ2v) is 10.3. The molecule has 1 heterocycles. The van der Waals surface area contributed by atoms with Gasteiger partial charge in [-0.3, -0.25) is 9.10 Å². The Morgan fingerprint density at radius 3 is 2.57 bits per heavy atom. The van der Waals surface area contributed by atoms with Gasteiger partial charge in [0.1, 0.15) is 18.4 Å². The van der Waals surface area contributed by atoms with E-state index in [1.165, 1.54) is 24.4 Å². The predicted octanol–water partition coefficient (Wildman–Crippen LogP) is 3.40. The lowest BCUT2D eigenvalue weighted by Gasteiger charge is -2.25. The van der Waals surface area contributed by atoms with Crippen LogP contribution < -0.4 is 14.5 Å². The average molecular weight is 488 g/mol. The van der Waals surface area contributed by atoms with E-state index in [4.69, 9.17) is 27.9 Å². The van der Waals surface area contributed by atoms with E-state index in [1.807, 2.05) is 36.0 Å². The van der Waals surface area contributed by atoms with Gasteiger partial charge in [0.05, 0.1) is 23.2 Å². The zero-order chi connectivity index (χ0) is 21.7. The fraction of sp³-hybridized carbons (Fsp3) is 0.263. The van der Waals surface area contributed by atoms with Gasteiger partial charge in [0.2, 0.25) is 10.0 Å². The molecule has 1 amide bonds. The summed E-state index contributed by atoms with van der Waals surface area (Å²) in [6, 6.07) is 11.7. The Kier molecular flexibility index (Phi) is 7.51. The van der Waals surface area contributed by atoms with Gasteiger partial charge in [-0.15, -0.1) is 0 Å². The van der Waals surface area contributed by atoms with Crippen LogP contribution in [-0.2, 0) is 14.8 Å². The molecule has 0 unspecified atom stereocenters. The molecule has 1 aliphatic rings. The highest BCUT2D eigenvalue weighted by atomic mass is 35.5. The standard InChI is InChI=1S/C19H19Cl2N3O4S2/c1-30(26,27)24(18-8-14(20)4-7-17(18)21)10-19(25)23-22-9-13-2-5-15(6-3-13)28-16-11-29-12-16/h2-9,16H,10-12H2,1H3,(H,23,25)/b22-9-. The molecule has 1 fully saturated rings. The van der Waals surface area contributed by atoms with Crippen LogP contribution >= 0.6 is 35.0 Å². The second kappa shape index (κ2) is 9.91. The van der Waals surface area contributed by atoms with E-state index < -0.39 is 22.5 Å². The molecule has 1 saturated heterocycles. The molecule has 0 saturated carbocycles. The molecular formula is C19H19Cl2N3O4S2. The summed E-state index contributed by atoms with van der Waals surface area (Å²) < 4.78 is 30.9. The number of benzene rings is 2. The molecule has 2 aromatic rings. The number of carbonyl (C=O) groups excluding carboxylic acids is 1. The largest absolute Gasteiger partial charge is 0.489 e. The van der Waals surface area contributed by atoms with Gasteiger partial charge >= 0.3 is 0 Å². The molecule has 0 radical (unpaired) electrons. The highest BCUT2D eigenvalue weighted by Crippen LogP contribution is 2.30. The van der Waals surface area contributed by atoms with Gasteiger partial charge in [-0.05, 0) is 48.0 Å². The number of halogens is 2. The van der Waals surface area contributed by atoms with Gasteiger partial charge in [0.25, 0.3) is 5.91 Å². The third kappa shape index (κ3) is 6.28. The van der Waals surface area contributed by atoms with Crippen molar-refractivity contribution in [1.82, 2.24) is 5.43 Å². The number of thioether (sulfide) groups is 1. The molecule has 1 N–H and O–H groups in total. The molecule has 0 spiro atoms. The Balaban J connectivity index is 1.60. The van der Waals surface area contributed by atoms with Crippen molar-refractivity contribution in [2.45, 2.75) is 6.10 Å². The Morgan fingerprint density at radius 2 is 1.97 bits per heavy atom. The number of carbonyl (C=O) groups is 1. The zero-order valence-electron chi connectivity index (χ0n) is 15.9. The third-order valence-corrected chi connectivity index (χ3v) is 6.95. The highest BCUT2D eigenvalue weighted by molar-refractivity contribution is 8.00. The van der Waals surface area contributed by atoms with E-state index in [2.05, 4.69) is 10.5 Å². The molecule has 30 heavy (non-hydrogen) atoms. The molecule has 2 aromatic carbocycles. The Bertz CT molecular complexity index is 1040. The molecule has 0 bridgehead atoms. The molecule has 0 aromatic heterocycles. The maximum atomic E-state index is 12.2. The Labute approximate surface area is 189 Å². The van der Waals surface area contributed by atoms with Crippen LogP contribution in [0.5, 0.6) is 5.75 Å². The molecular weight excluding hydrogens is 469 g/mol. The minimum absolute atomic E-state index is 0.117. The van der Waals surface area contributed by atoms with Crippen molar-refractivity contribution in [3.8, 4) is 5.75 Å². The number of rotatable bonds is 8. The maximum absolute atomic E-state index is 12.2. The molecule has 7 nitrogen and oxygen atoms in total. The summed E-state index contributed by atoms with van der Waals surface area (Å²) in [5.74, 6) is 2.15. The number of anilines is 1. The first kappa shape index (κ1) is 22.7. The quantitative estimate of drug-likeness (QED) is 0.455. The Hall–Kier alpha value is -1.94. The van der Waals surface area contributed by atoms with E-state index in [9.17, 15) is 13.2 Å². The lowest BCUT2D eigenvalue weighted by molar-refractivity contribution is -0.119. The lowest BCUT2D eigenvalue weighted by atomic mass is 10.2. The van der Waals surface area contributed by atoms with Gasteiger partial charge in [-0.1, -0.05) is 23.2 Å². The number of ether oxygens (including phenoxy) is 1. The van der Waals surface area contributed by atoms with Gasteiger partial charge in [-0.2, -0.15) is 16.9 Å². The number of nitrogens with one attached hydrogen (secondary N) is 1. The number of hydrogen-bond donors (Lipinski definition) is 1. The highest BCUT2D eigenvalue weighted by Gasteiger charge is 2.23. The predicted molar refractivity (Wildman–Crippen MR) is 123 cm³/mol. The number of hydrazone groups is 1. The smallest absolute Gasteiger partial charge is 0.260 e. The normalized spacial score (nSPS) is 14.4. The van der Waals surface area contributed by atoms with Crippen LogP contribution in [-0.4, -0.2) is 50.9 Å². The molecule has 3 rings (SSSR count). The van der Waals surface area contributed by atoms with Crippen LogP contribution in [0.4, 0.5) is 5.69 Å². The lowest BCUT2D eigenvalue weighted by Crippen LogP contribution is -2.39. The van der Waals surface area contributed by atoms with Crippen LogP contribution in [0, 0.1) is 0 Å². The average Bonchev–Trinajstić information content (AvgIpc) is 2.65. The van der Waals surface area contributed by atoms with Gasteiger partial charge in [0, 0.05) is 16.5 Å². The van der Waals surface area contributed by atoms with Gasteiger partial charge in [0.15, 0.2) is 0 Å². The van der Waals surface area contributed by atoms with Crippen LogP contribution in [0.3, 0.4) is 0 Å². The number of nitrogens with zero attached hydrogens (tertiary/aromatic N) is 2. The van der Waals surface area contributed by atoms with Crippen LogP contribution in [0.1, 0.15) is 5.56 Å². The monoisotopic (exact) mass is 487 g/mol. The fourth-order valence-corrected chi connectivity index (χ4v) is 4.37. The SMILES string of the molecule is CS(=O)(=O)N(CC(=O)N/N=C\c1ccc(OC2CSC2)cc1)c1cc(Cl)ccc1Cl. The van der Waals surface area contributed by atoms with Crippen molar-refractivity contribution in [1.29, 1.82) is 0 Å². The molecule has 0 atom stereocenters. The van der Waals surface area contributed by atoms with Crippen molar-refractivity contribution < 1.29 is 17.9 Å². The summed E-state index contributed by atoms with van der Waals surface area (Å²) in [4.78, 5) is 12.2. The van der Waals surface area contributed by atoms with Crippen LogP contribution in [0.15, 0.2) is 47.6 Å². The number of hydrogen-bond acceptors (Lipinski definition) is 6. The molecule has 0 aliphatic carbocycles. The van der Waals surface area contributed by atoms with Crippen molar-refractivity contribution in [2.24, 2.45) is 5.10 Å². The first-order chi connectivity index (χ1) is 14.2. The topological polar surface area (TPSA) is 88.1 Å². The van der Waals surface area contributed by atoms with Gasteiger partial charge in [-0.25, -0.2) is 13.8 Å². The first-order valence-electron chi connectivity index (χ1n) is 8.81. The summed E-state index contributed by atoms with van der Waals surface area (Å²) in [6.45, 7) is -0.498. The van der Waals surface area contributed by atoms with E-state index in [0.29, 0.717) is 5.02 Å². The molecule has 11 heteroatoms. The number of sulfonamides is 1. The number of amides is 1. The zero-order valence-corrected chi connectivity index (χ0v) is 19.1. The van der Waals surface area contributed by atoms with E-state index in [1.54, 1.807) is 0 Å².